The lowest BCUT2D eigenvalue weighted by atomic mass is 9.86. The molecule has 0 aromatic heterocycles. The van der Waals surface area contributed by atoms with Gasteiger partial charge in [-0.05, 0) is 24.6 Å². The van der Waals surface area contributed by atoms with Gasteiger partial charge in [-0.2, -0.15) is 0 Å². The van der Waals surface area contributed by atoms with E-state index in [0.29, 0.717) is 5.69 Å². The van der Waals surface area contributed by atoms with Crippen LogP contribution in [-0.4, -0.2) is 11.0 Å². The number of para-hydroxylation sites is 1. The molecule has 3 nitrogen and oxygen atoms in total. The van der Waals surface area contributed by atoms with E-state index in [4.69, 9.17) is 0 Å². The quantitative estimate of drug-likeness (QED) is 0.840. The molecule has 2 N–H and O–H groups in total. The monoisotopic (exact) mass is 275 g/mol. The topological polar surface area (TPSA) is 49.3 Å². The van der Waals surface area contributed by atoms with Crippen LogP contribution in [0.1, 0.15) is 16.7 Å². The van der Waals surface area contributed by atoms with E-state index >= 15 is 0 Å². The Labute approximate surface area is 113 Å². The van der Waals surface area contributed by atoms with Gasteiger partial charge in [0.25, 0.3) is 5.91 Å². The van der Waals surface area contributed by atoms with Crippen molar-refractivity contribution in [1.82, 2.24) is 0 Å². The van der Waals surface area contributed by atoms with Gasteiger partial charge in [0.05, 0.1) is 5.56 Å². The number of aliphatic hydroxyl groups is 1. The maximum absolute atomic E-state index is 14.2. The van der Waals surface area contributed by atoms with Crippen molar-refractivity contribution in [2.75, 3.05) is 5.32 Å². The molecule has 0 bridgehead atoms. The first kappa shape index (κ1) is 12.7. The normalized spacial score (nSPS) is 20.7. The molecule has 1 heterocycles. The molecule has 20 heavy (non-hydrogen) atoms. The Morgan fingerprint density at radius 2 is 1.85 bits per heavy atom. The van der Waals surface area contributed by atoms with E-state index < -0.39 is 28.7 Å². The first-order valence-corrected chi connectivity index (χ1v) is 6.04. The summed E-state index contributed by atoms with van der Waals surface area (Å²) in [5.74, 6) is -2.73. The van der Waals surface area contributed by atoms with Gasteiger partial charge in [-0.1, -0.05) is 24.3 Å². The summed E-state index contributed by atoms with van der Waals surface area (Å²) in [7, 11) is 0. The Morgan fingerprint density at radius 1 is 1.15 bits per heavy atom. The smallest absolute Gasteiger partial charge is 0.266 e. The average molecular weight is 275 g/mol. The van der Waals surface area contributed by atoms with Crippen molar-refractivity contribution < 1.29 is 18.7 Å². The standard InChI is InChI=1S/C15H11F2NO2/c1-8-6-7-10(16)12(13(8)17)15(20)9-4-2-3-5-11(9)18-14(15)19/h2-7,20H,1H3,(H,18,19). The highest BCUT2D eigenvalue weighted by molar-refractivity contribution is 6.07. The molecule has 2 aromatic rings. The van der Waals surface area contributed by atoms with Crippen LogP contribution in [0, 0.1) is 18.6 Å². The average Bonchev–Trinajstić information content (AvgIpc) is 2.68. The molecule has 1 aliphatic heterocycles. The molecule has 1 unspecified atom stereocenters. The number of nitrogens with one attached hydrogen (secondary N) is 1. The zero-order chi connectivity index (χ0) is 14.5. The first-order valence-electron chi connectivity index (χ1n) is 6.04. The second-order valence-corrected chi connectivity index (χ2v) is 4.76. The molecule has 0 radical (unpaired) electrons. The van der Waals surface area contributed by atoms with E-state index in [2.05, 4.69) is 5.32 Å². The fourth-order valence-electron chi connectivity index (χ4n) is 2.48. The van der Waals surface area contributed by atoms with Crippen molar-refractivity contribution in [2.45, 2.75) is 12.5 Å². The van der Waals surface area contributed by atoms with Gasteiger partial charge in [-0.25, -0.2) is 8.78 Å². The van der Waals surface area contributed by atoms with Gasteiger partial charge in [-0.15, -0.1) is 0 Å². The largest absolute Gasteiger partial charge is 0.371 e. The highest BCUT2D eigenvalue weighted by atomic mass is 19.1. The number of hydrogen-bond acceptors (Lipinski definition) is 2. The van der Waals surface area contributed by atoms with Gasteiger partial charge < -0.3 is 10.4 Å². The molecule has 0 spiro atoms. The summed E-state index contributed by atoms with van der Waals surface area (Å²) in [6, 6.07) is 8.59. The number of fused-ring (bicyclic) bond motifs is 1. The van der Waals surface area contributed by atoms with Crippen LogP contribution in [0.15, 0.2) is 36.4 Å². The summed E-state index contributed by atoms with van der Waals surface area (Å²) in [6.45, 7) is 1.44. The van der Waals surface area contributed by atoms with Crippen molar-refractivity contribution in [2.24, 2.45) is 0 Å². The predicted molar refractivity (Wildman–Crippen MR) is 69.2 cm³/mol. The molecule has 2 aromatic carbocycles. The Kier molecular flexibility index (Phi) is 2.62. The molecular weight excluding hydrogens is 264 g/mol. The van der Waals surface area contributed by atoms with Crippen LogP contribution in [0.5, 0.6) is 0 Å². The van der Waals surface area contributed by atoms with Crippen molar-refractivity contribution in [1.29, 1.82) is 0 Å². The van der Waals surface area contributed by atoms with Crippen LogP contribution < -0.4 is 5.32 Å². The molecule has 0 saturated carbocycles. The number of halogens is 2. The lowest BCUT2D eigenvalue weighted by Gasteiger charge is -2.23. The van der Waals surface area contributed by atoms with E-state index in [1.165, 1.54) is 19.1 Å². The third-order valence-electron chi connectivity index (χ3n) is 3.54. The molecule has 1 atom stereocenters. The van der Waals surface area contributed by atoms with E-state index in [1.54, 1.807) is 18.2 Å². The van der Waals surface area contributed by atoms with Crippen molar-refractivity contribution in [3.63, 3.8) is 0 Å². The van der Waals surface area contributed by atoms with Crippen LogP contribution in [0.4, 0.5) is 14.5 Å². The van der Waals surface area contributed by atoms with Crippen LogP contribution >= 0.6 is 0 Å². The molecule has 102 valence electrons. The number of hydrogen-bond donors (Lipinski definition) is 2. The zero-order valence-corrected chi connectivity index (χ0v) is 10.6. The van der Waals surface area contributed by atoms with Gasteiger partial charge >= 0.3 is 0 Å². The second-order valence-electron chi connectivity index (χ2n) is 4.76. The van der Waals surface area contributed by atoms with Crippen LogP contribution in [0.3, 0.4) is 0 Å². The molecule has 5 heteroatoms. The van der Waals surface area contributed by atoms with E-state index in [-0.39, 0.29) is 11.1 Å². The number of aryl methyl sites for hydroxylation is 1. The second kappa shape index (κ2) is 4.11. The van der Waals surface area contributed by atoms with Gasteiger partial charge in [0.1, 0.15) is 11.6 Å². The first-order chi connectivity index (χ1) is 9.46. The Bertz CT molecular complexity index is 730. The number of rotatable bonds is 1. The summed E-state index contributed by atoms with van der Waals surface area (Å²) in [5, 5.41) is 13.1. The lowest BCUT2D eigenvalue weighted by molar-refractivity contribution is -0.130. The van der Waals surface area contributed by atoms with E-state index in [1.807, 2.05) is 0 Å². The summed E-state index contributed by atoms with van der Waals surface area (Å²) >= 11 is 0. The van der Waals surface area contributed by atoms with E-state index in [0.717, 1.165) is 6.07 Å². The SMILES string of the molecule is Cc1ccc(F)c(C2(O)C(=O)Nc3ccccc32)c1F. The summed E-state index contributed by atoms with van der Waals surface area (Å²) in [4.78, 5) is 12.1. The maximum atomic E-state index is 14.2. The van der Waals surface area contributed by atoms with Crippen molar-refractivity contribution in [3.05, 3.63) is 64.7 Å². The highest BCUT2D eigenvalue weighted by Gasteiger charge is 2.50. The Morgan fingerprint density at radius 3 is 2.60 bits per heavy atom. The number of carbonyl (C=O) groups is 1. The maximum Gasteiger partial charge on any atom is 0.266 e. The van der Waals surface area contributed by atoms with E-state index in [9.17, 15) is 18.7 Å². The van der Waals surface area contributed by atoms with Gasteiger partial charge in [0.15, 0.2) is 0 Å². The number of benzene rings is 2. The molecule has 3 rings (SSSR count). The minimum Gasteiger partial charge on any atom is -0.371 e. The zero-order valence-electron chi connectivity index (χ0n) is 10.6. The van der Waals surface area contributed by atoms with Crippen LogP contribution in [-0.2, 0) is 10.4 Å². The Balaban J connectivity index is 2.34. The lowest BCUT2D eigenvalue weighted by Crippen LogP contribution is -2.37. The van der Waals surface area contributed by atoms with Crippen LogP contribution in [0.25, 0.3) is 0 Å². The van der Waals surface area contributed by atoms with Crippen molar-refractivity contribution >= 4 is 11.6 Å². The minimum absolute atomic E-state index is 0.147. The fraction of sp³-hybridized carbons (Fsp3) is 0.133. The summed E-state index contributed by atoms with van der Waals surface area (Å²) < 4.78 is 28.3. The summed E-state index contributed by atoms with van der Waals surface area (Å²) in [5.41, 5.74) is -2.34. The molecule has 0 fully saturated rings. The number of carbonyl (C=O) groups excluding carboxylic acids is 1. The predicted octanol–water partition coefficient (Wildman–Crippen LogP) is 2.46. The third kappa shape index (κ3) is 1.50. The van der Waals surface area contributed by atoms with Gasteiger partial charge in [0.2, 0.25) is 5.60 Å². The highest BCUT2D eigenvalue weighted by Crippen LogP contribution is 2.42. The Hall–Kier alpha value is -2.27. The van der Waals surface area contributed by atoms with Crippen molar-refractivity contribution in [3.8, 4) is 0 Å². The third-order valence-corrected chi connectivity index (χ3v) is 3.54. The summed E-state index contributed by atoms with van der Waals surface area (Å²) in [6.07, 6.45) is 0. The number of anilines is 1. The van der Waals surface area contributed by atoms with Gasteiger partial charge in [0, 0.05) is 11.3 Å². The van der Waals surface area contributed by atoms with Gasteiger partial charge in [-0.3, -0.25) is 4.79 Å². The van der Waals surface area contributed by atoms with Crippen LogP contribution in [0.2, 0.25) is 0 Å². The number of amides is 1. The minimum atomic E-state index is -2.35. The molecule has 0 aliphatic carbocycles. The molecule has 1 aliphatic rings. The fourth-order valence-corrected chi connectivity index (χ4v) is 2.48. The molecule has 0 saturated heterocycles. The molecule has 1 amide bonds. The molecular formula is C15H11F2NO2.